The number of halogens is 1. The van der Waals surface area contributed by atoms with Crippen LogP contribution in [0, 0.1) is 0 Å². The third kappa shape index (κ3) is 4.90. The number of hydrogen-bond acceptors (Lipinski definition) is 7. The van der Waals surface area contributed by atoms with Gasteiger partial charge in [0.1, 0.15) is 11.3 Å². The van der Waals surface area contributed by atoms with Crippen molar-refractivity contribution in [1.29, 1.82) is 0 Å². The van der Waals surface area contributed by atoms with Gasteiger partial charge in [0.25, 0.3) is 0 Å². The van der Waals surface area contributed by atoms with Gasteiger partial charge in [0.05, 0.1) is 35.4 Å². The largest absolute Gasteiger partial charge is 0.379 e. The minimum atomic E-state index is 0.748. The van der Waals surface area contributed by atoms with Crippen molar-refractivity contribution >= 4 is 32.8 Å². The molecule has 6 rings (SSSR count). The number of pyridine rings is 1. The highest BCUT2D eigenvalue weighted by Gasteiger charge is 2.23. The molecule has 1 N–H and O–H groups in total. The molecule has 0 unspecified atom stereocenters. The Morgan fingerprint density at radius 1 is 0.944 bits per heavy atom. The van der Waals surface area contributed by atoms with E-state index in [0.29, 0.717) is 0 Å². The average Bonchev–Trinajstić information content (AvgIpc) is 3.52. The van der Waals surface area contributed by atoms with E-state index >= 15 is 0 Å². The molecule has 2 saturated heterocycles. The van der Waals surface area contributed by atoms with E-state index in [2.05, 4.69) is 81.5 Å². The number of piperazine rings is 1. The number of aromatic nitrogens is 5. The minimum absolute atomic E-state index is 0.748. The molecule has 0 aliphatic carbocycles. The van der Waals surface area contributed by atoms with Crippen LogP contribution in [0.1, 0.15) is 11.3 Å². The maximum Gasteiger partial charge on any atom is 0.180 e. The molecule has 36 heavy (non-hydrogen) atoms. The summed E-state index contributed by atoms with van der Waals surface area (Å²) in [4.78, 5) is 24.6. The molecule has 10 heteroatoms. The van der Waals surface area contributed by atoms with Crippen molar-refractivity contribution in [1.82, 2.24) is 34.3 Å². The van der Waals surface area contributed by atoms with Gasteiger partial charge in [-0.1, -0.05) is 24.3 Å². The van der Waals surface area contributed by atoms with Crippen LogP contribution in [-0.2, 0) is 24.9 Å². The van der Waals surface area contributed by atoms with Gasteiger partial charge in [0.2, 0.25) is 0 Å². The first-order chi connectivity index (χ1) is 17.6. The van der Waals surface area contributed by atoms with Crippen LogP contribution in [0.5, 0.6) is 0 Å². The van der Waals surface area contributed by atoms with Crippen LogP contribution in [0.3, 0.4) is 0 Å². The van der Waals surface area contributed by atoms with Gasteiger partial charge >= 0.3 is 0 Å². The van der Waals surface area contributed by atoms with Crippen molar-refractivity contribution in [3.8, 4) is 11.4 Å². The Balaban J connectivity index is 1.18. The van der Waals surface area contributed by atoms with Crippen molar-refractivity contribution in [3.63, 3.8) is 0 Å². The molecule has 5 heterocycles. The zero-order chi connectivity index (χ0) is 24.5. The minimum Gasteiger partial charge on any atom is -0.379 e. The molecule has 1 aromatic carbocycles. The average molecular weight is 551 g/mol. The standard InChI is InChI=1S/C26H31BrN8O/c1-32-18-28-14-21(32)17-33-6-8-35(9-7-33)24-22(27)15-29-26-23(24)30-25(31-26)20-4-2-19(3-5-20)16-34-10-12-36-13-11-34/h2-5,14-15,18H,6-13,16-17H2,1H3,(H,29,30,31). The molecule has 2 aliphatic heterocycles. The molecule has 0 atom stereocenters. The Hall–Kier alpha value is -2.79. The van der Waals surface area contributed by atoms with E-state index in [9.17, 15) is 0 Å². The predicted molar refractivity (Wildman–Crippen MR) is 144 cm³/mol. The lowest BCUT2D eigenvalue weighted by atomic mass is 10.1. The second kappa shape index (κ2) is 10.3. The molecule has 2 fully saturated rings. The number of anilines is 1. The van der Waals surface area contributed by atoms with Gasteiger partial charge in [-0.15, -0.1) is 0 Å². The van der Waals surface area contributed by atoms with Gasteiger partial charge in [-0.3, -0.25) is 9.80 Å². The second-order valence-electron chi connectivity index (χ2n) is 9.58. The number of ether oxygens (including phenoxy) is 1. The van der Waals surface area contributed by atoms with Crippen molar-refractivity contribution in [2.75, 3.05) is 57.4 Å². The Labute approximate surface area is 219 Å². The van der Waals surface area contributed by atoms with Gasteiger partial charge < -0.3 is 19.2 Å². The summed E-state index contributed by atoms with van der Waals surface area (Å²) >= 11 is 3.76. The Kier molecular flexibility index (Phi) is 6.75. The number of H-pyrrole nitrogens is 1. The smallest absolute Gasteiger partial charge is 0.180 e. The first-order valence-electron chi connectivity index (χ1n) is 12.5. The normalized spacial score (nSPS) is 17.8. The maximum atomic E-state index is 5.46. The molecule has 0 bridgehead atoms. The molecule has 0 spiro atoms. The highest BCUT2D eigenvalue weighted by molar-refractivity contribution is 9.10. The fraction of sp³-hybridized carbons (Fsp3) is 0.423. The van der Waals surface area contributed by atoms with Crippen molar-refractivity contribution in [3.05, 3.63) is 58.7 Å². The van der Waals surface area contributed by atoms with Crippen molar-refractivity contribution in [2.24, 2.45) is 7.05 Å². The van der Waals surface area contributed by atoms with Crippen molar-refractivity contribution < 1.29 is 4.74 Å². The van der Waals surface area contributed by atoms with Gasteiger partial charge in [0, 0.05) is 77.4 Å². The number of nitrogens with zero attached hydrogens (tertiary/aromatic N) is 7. The lowest BCUT2D eigenvalue weighted by molar-refractivity contribution is 0.0342. The summed E-state index contributed by atoms with van der Waals surface area (Å²) in [6.07, 6.45) is 5.69. The van der Waals surface area contributed by atoms with Gasteiger partial charge in [-0.2, -0.15) is 0 Å². The second-order valence-corrected chi connectivity index (χ2v) is 10.4. The van der Waals surface area contributed by atoms with Crippen LogP contribution in [0.15, 0.2) is 47.5 Å². The van der Waals surface area contributed by atoms with Crippen LogP contribution in [0.4, 0.5) is 5.69 Å². The fourth-order valence-corrected chi connectivity index (χ4v) is 5.60. The molecular formula is C26H31BrN8O. The molecular weight excluding hydrogens is 520 g/mol. The summed E-state index contributed by atoms with van der Waals surface area (Å²) in [5, 5.41) is 0. The molecule has 9 nitrogen and oxygen atoms in total. The summed E-state index contributed by atoms with van der Waals surface area (Å²) in [7, 11) is 2.05. The topological polar surface area (TPSA) is 78.3 Å². The highest BCUT2D eigenvalue weighted by Crippen LogP contribution is 2.34. The van der Waals surface area contributed by atoms with Crippen LogP contribution < -0.4 is 4.90 Å². The number of aryl methyl sites for hydroxylation is 1. The van der Waals surface area contributed by atoms with E-state index in [4.69, 9.17) is 9.72 Å². The number of nitrogens with one attached hydrogen (secondary N) is 1. The van der Waals surface area contributed by atoms with Gasteiger partial charge in [0.15, 0.2) is 5.65 Å². The Morgan fingerprint density at radius 2 is 1.69 bits per heavy atom. The predicted octanol–water partition coefficient (Wildman–Crippen LogP) is 3.28. The summed E-state index contributed by atoms with van der Waals surface area (Å²) in [5.41, 5.74) is 6.49. The Bertz CT molecular complexity index is 1320. The number of morpholine rings is 1. The van der Waals surface area contributed by atoms with Gasteiger partial charge in [-0.05, 0) is 21.5 Å². The molecule has 0 amide bonds. The third-order valence-corrected chi connectivity index (χ3v) is 7.76. The summed E-state index contributed by atoms with van der Waals surface area (Å²) in [6, 6.07) is 8.70. The van der Waals surface area contributed by atoms with E-state index in [1.807, 2.05) is 18.7 Å². The first-order valence-corrected chi connectivity index (χ1v) is 13.3. The van der Waals surface area contributed by atoms with Crippen molar-refractivity contribution in [2.45, 2.75) is 13.1 Å². The van der Waals surface area contributed by atoms with Gasteiger partial charge in [-0.25, -0.2) is 15.0 Å². The summed E-state index contributed by atoms with van der Waals surface area (Å²) in [5.74, 6) is 0.851. The maximum absolute atomic E-state index is 5.46. The lowest BCUT2D eigenvalue weighted by Crippen LogP contribution is -2.46. The fourth-order valence-electron chi connectivity index (χ4n) is 5.05. The zero-order valence-electron chi connectivity index (χ0n) is 20.5. The quantitative estimate of drug-likeness (QED) is 0.394. The van der Waals surface area contributed by atoms with E-state index in [1.165, 1.54) is 11.3 Å². The number of hydrogen-bond donors (Lipinski definition) is 1. The number of imidazole rings is 2. The summed E-state index contributed by atoms with van der Waals surface area (Å²) in [6.45, 7) is 9.38. The van der Waals surface area contributed by atoms with Crippen LogP contribution in [0.2, 0.25) is 0 Å². The van der Waals surface area contributed by atoms with Crippen LogP contribution in [0.25, 0.3) is 22.6 Å². The van der Waals surface area contributed by atoms with E-state index in [-0.39, 0.29) is 0 Å². The number of aromatic amines is 1. The molecule has 4 aromatic rings. The molecule has 0 saturated carbocycles. The van der Waals surface area contributed by atoms with E-state index in [0.717, 1.165) is 98.3 Å². The van der Waals surface area contributed by atoms with Crippen LogP contribution in [-0.4, -0.2) is 86.8 Å². The highest BCUT2D eigenvalue weighted by atomic mass is 79.9. The number of rotatable bonds is 6. The molecule has 3 aromatic heterocycles. The van der Waals surface area contributed by atoms with E-state index < -0.39 is 0 Å². The molecule has 2 aliphatic rings. The van der Waals surface area contributed by atoms with E-state index in [1.54, 1.807) is 0 Å². The summed E-state index contributed by atoms with van der Waals surface area (Å²) < 4.78 is 8.55. The monoisotopic (exact) mass is 550 g/mol. The Morgan fingerprint density at radius 3 is 2.42 bits per heavy atom. The zero-order valence-corrected chi connectivity index (χ0v) is 22.1. The molecule has 0 radical (unpaired) electrons. The number of benzene rings is 1. The molecule has 188 valence electrons. The van der Waals surface area contributed by atoms with Crippen LogP contribution >= 0.6 is 15.9 Å². The third-order valence-electron chi connectivity index (χ3n) is 7.18. The SMILES string of the molecule is Cn1cncc1CN1CCN(c2c(Br)cnc3nc(-c4ccc(CN5CCOCC5)cc4)[nH]c23)CC1. The lowest BCUT2D eigenvalue weighted by Gasteiger charge is -2.36. The number of fused-ring (bicyclic) bond motifs is 1. The first kappa shape index (κ1) is 23.6.